The molecular formula is C26H32N2O6. The van der Waals surface area contributed by atoms with Crippen LogP contribution >= 0.6 is 0 Å². The molecule has 1 atom stereocenters. The van der Waals surface area contributed by atoms with E-state index in [1.807, 2.05) is 38.1 Å². The van der Waals surface area contributed by atoms with E-state index in [1.54, 1.807) is 0 Å². The molecule has 0 fully saturated rings. The molecule has 1 aliphatic carbocycles. The van der Waals surface area contributed by atoms with Crippen molar-refractivity contribution in [1.82, 2.24) is 10.2 Å². The Morgan fingerprint density at radius 1 is 1.03 bits per heavy atom. The van der Waals surface area contributed by atoms with Crippen LogP contribution in [0.1, 0.15) is 43.7 Å². The molecule has 0 bridgehead atoms. The number of carboxylic acid groups (broad SMARTS) is 1. The largest absolute Gasteiger partial charge is 0.481 e. The number of alkyl carbamates (subject to hydrolysis) is 1. The average Bonchev–Trinajstić information content (AvgIpc) is 3.13. The Kier molecular flexibility index (Phi) is 8.65. The third-order valence-corrected chi connectivity index (χ3v) is 6.06. The monoisotopic (exact) mass is 468 g/mol. The fourth-order valence-electron chi connectivity index (χ4n) is 4.28. The minimum atomic E-state index is -0.960. The van der Waals surface area contributed by atoms with Crippen molar-refractivity contribution in [1.29, 1.82) is 0 Å². The average molecular weight is 469 g/mol. The van der Waals surface area contributed by atoms with Crippen molar-refractivity contribution < 1.29 is 29.0 Å². The van der Waals surface area contributed by atoms with Crippen LogP contribution in [-0.4, -0.2) is 66.9 Å². The number of hydrogen-bond donors (Lipinski definition) is 2. The van der Waals surface area contributed by atoms with Crippen LogP contribution in [0.2, 0.25) is 0 Å². The summed E-state index contributed by atoms with van der Waals surface area (Å²) >= 11 is 0. The van der Waals surface area contributed by atoms with Crippen molar-refractivity contribution in [3.63, 3.8) is 0 Å². The number of fused-ring (bicyclic) bond motifs is 3. The Balaban J connectivity index is 1.52. The van der Waals surface area contributed by atoms with E-state index < -0.39 is 18.2 Å². The van der Waals surface area contributed by atoms with Gasteiger partial charge in [-0.25, -0.2) is 4.79 Å². The lowest BCUT2D eigenvalue weighted by Crippen LogP contribution is -2.42. The van der Waals surface area contributed by atoms with Gasteiger partial charge in [-0.1, -0.05) is 48.5 Å². The molecule has 2 amide bonds. The van der Waals surface area contributed by atoms with Gasteiger partial charge in [-0.2, -0.15) is 0 Å². The van der Waals surface area contributed by atoms with Crippen molar-refractivity contribution in [2.24, 2.45) is 0 Å². The topological polar surface area (TPSA) is 105 Å². The van der Waals surface area contributed by atoms with Crippen molar-refractivity contribution in [3.05, 3.63) is 59.7 Å². The van der Waals surface area contributed by atoms with Crippen LogP contribution in [0.3, 0.4) is 0 Å². The second-order valence-corrected chi connectivity index (χ2v) is 8.59. The van der Waals surface area contributed by atoms with Crippen LogP contribution in [0.4, 0.5) is 4.79 Å². The van der Waals surface area contributed by atoms with Crippen LogP contribution in [0, 0.1) is 0 Å². The molecule has 0 saturated heterocycles. The molecule has 2 N–H and O–H groups in total. The summed E-state index contributed by atoms with van der Waals surface area (Å²) in [5.41, 5.74) is 4.57. The van der Waals surface area contributed by atoms with E-state index in [4.69, 9.17) is 14.6 Å². The lowest BCUT2D eigenvalue weighted by Gasteiger charge is -2.28. The molecule has 0 radical (unpaired) electrons. The first-order valence-electron chi connectivity index (χ1n) is 11.4. The summed E-state index contributed by atoms with van der Waals surface area (Å²) in [6.07, 6.45) is -1.24. The molecule has 0 heterocycles. The summed E-state index contributed by atoms with van der Waals surface area (Å²) in [5, 5.41) is 11.6. The summed E-state index contributed by atoms with van der Waals surface area (Å²) in [6, 6.07) is 16.1. The molecule has 2 aromatic rings. The maximum Gasteiger partial charge on any atom is 0.407 e. The summed E-state index contributed by atoms with van der Waals surface area (Å²) in [4.78, 5) is 37.4. The zero-order valence-electron chi connectivity index (χ0n) is 19.8. The number of amides is 2. The van der Waals surface area contributed by atoms with Gasteiger partial charge < -0.3 is 24.8 Å². The van der Waals surface area contributed by atoms with Crippen molar-refractivity contribution in [2.75, 3.05) is 26.8 Å². The number of ether oxygens (including phenoxy) is 2. The third kappa shape index (κ3) is 6.14. The molecule has 8 nitrogen and oxygen atoms in total. The first-order chi connectivity index (χ1) is 16.3. The normalized spacial score (nSPS) is 13.2. The van der Waals surface area contributed by atoms with E-state index in [0.29, 0.717) is 0 Å². The summed E-state index contributed by atoms with van der Waals surface area (Å²) in [5.74, 6) is -1.22. The number of aliphatic carboxylic acids is 1. The molecule has 182 valence electrons. The molecule has 0 aromatic heterocycles. The summed E-state index contributed by atoms with van der Waals surface area (Å²) in [7, 11) is 1.47. The molecule has 0 aliphatic heterocycles. The Morgan fingerprint density at radius 3 is 2.15 bits per heavy atom. The van der Waals surface area contributed by atoms with Crippen molar-refractivity contribution >= 4 is 18.0 Å². The van der Waals surface area contributed by atoms with Crippen LogP contribution in [0.15, 0.2) is 48.5 Å². The minimum Gasteiger partial charge on any atom is -0.481 e. The summed E-state index contributed by atoms with van der Waals surface area (Å²) < 4.78 is 10.9. The van der Waals surface area contributed by atoms with Gasteiger partial charge in [-0.3, -0.25) is 9.59 Å². The maximum absolute atomic E-state index is 12.7. The second-order valence-electron chi connectivity index (χ2n) is 8.59. The van der Waals surface area contributed by atoms with Crippen LogP contribution in [-0.2, 0) is 19.1 Å². The van der Waals surface area contributed by atoms with Gasteiger partial charge in [0.15, 0.2) is 0 Å². The number of nitrogens with zero attached hydrogens (tertiary/aromatic N) is 1. The highest BCUT2D eigenvalue weighted by Gasteiger charge is 2.29. The standard InChI is InChI=1S/C26H32N2O6/c1-17(2)28(13-12-25(30)31)24(29)14-18(33-3)15-27-26(32)34-16-23-21-10-6-4-8-19(21)20-9-5-7-11-22(20)23/h4-11,17-18,23H,12-16H2,1-3H3,(H,27,32)(H,30,31). The van der Waals surface area contributed by atoms with E-state index >= 15 is 0 Å². The number of carbonyl (C=O) groups is 3. The van der Waals surface area contributed by atoms with E-state index in [9.17, 15) is 14.4 Å². The molecule has 8 heteroatoms. The molecule has 1 aliphatic rings. The molecule has 0 spiro atoms. The van der Waals surface area contributed by atoms with Crippen molar-refractivity contribution in [3.8, 4) is 11.1 Å². The Bertz CT molecular complexity index is 976. The lowest BCUT2D eigenvalue weighted by molar-refractivity contribution is -0.139. The Morgan fingerprint density at radius 2 is 1.62 bits per heavy atom. The molecule has 34 heavy (non-hydrogen) atoms. The molecular weight excluding hydrogens is 436 g/mol. The van der Waals surface area contributed by atoms with E-state index in [0.717, 1.165) is 22.3 Å². The quantitative estimate of drug-likeness (QED) is 0.522. The van der Waals surface area contributed by atoms with Gasteiger partial charge in [-0.05, 0) is 36.1 Å². The highest BCUT2D eigenvalue weighted by atomic mass is 16.5. The number of carboxylic acids is 1. The van der Waals surface area contributed by atoms with Gasteiger partial charge in [0, 0.05) is 32.2 Å². The number of rotatable bonds is 11. The maximum atomic E-state index is 12.7. The van der Waals surface area contributed by atoms with Gasteiger partial charge in [-0.15, -0.1) is 0 Å². The van der Waals surface area contributed by atoms with Crippen LogP contribution in [0.25, 0.3) is 11.1 Å². The van der Waals surface area contributed by atoms with Crippen LogP contribution in [0.5, 0.6) is 0 Å². The van der Waals surface area contributed by atoms with Gasteiger partial charge in [0.25, 0.3) is 0 Å². The highest BCUT2D eigenvalue weighted by Crippen LogP contribution is 2.44. The van der Waals surface area contributed by atoms with E-state index in [2.05, 4.69) is 29.6 Å². The molecule has 1 unspecified atom stereocenters. The van der Waals surface area contributed by atoms with Crippen molar-refractivity contribution in [2.45, 2.75) is 44.8 Å². The predicted molar refractivity (Wildman–Crippen MR) is 128 cm³/mol. The van der Waals surface area contributed by atoms with Gasteiger partial charge >= 0.3 is 12.1 Å². The summed E-state index contributed by atoms with van der Waals surface area (Å²) in [6.45, 7) is 4.09. The molecule has 2 aromatic carbocycles. The highest BCUT2D eigenvalue weighted by molar-refractivity contribution is 5.79. The zero-order chi connectivity index (χ0) is 24.7. The number of nitrogens with one attached hydrogen (secondary N) is 1. The SMILES string of the molecule is COC(CNC(=O)OCC1c2ccccc2-c2ccccc21)CC(=O)N(CCC(=O)O)C(C)C. The Hall–Kier alpha value is -3.39. The first kappa shape index (κ1) is 25.2. The van der Waals surface area contributed by atoms with Gasteiger partial charge in [0.2, 0.25) is 5.91 Å². The second kappa shape index (κ2) is 11.7. The minimum absolute atomic E-state index is 0.0257. The van der Waals surface area contributed by atoms with E-state index in [1.165, 1.54) is 12.0 Å². The molecule has 0 saturated carbocycles. The number of methoxy groups -OCH3 is 1. The van der Waals surface area contributed by atoms with E-state index in [-0.39, 0.29) is 50.4 Å². The lowest BCUT2D eigenvalue weighted by atomic mass is 9.98. The number of hydrogen-bond acceptors (Lipinski definition) is 5. The fraction of sp³-hybridized carbons (Fsp3) is 0.423. The number of carbonyl (C=O) groups excluding carboxylic acids is 2. The van der Waals surface area contributed by atoms with Gasteiger partial charge in [0.05, 0.1) is 18.9 Å². The zero-order valence-corrected chi connectivity index (χ0v) is 19.8. The molecule has 3 rings (SSSR count). The first-order valence-corrected chi connectivity index (χ1v) is 11.4. The third-order valence-electron chi connectivity index (χ3n) is 6.06. The smallest absolute Gasteiger partial charge is 0.407 e. The Labute approximate surface area is 199 Å². The van der Waals surface area contributed by atoms with Crippen LogP contribution < -0.4 is 5.32 Å². The number of benzene rings is 2. The predicted octanol–water partition coefficient (Wildman–Crippen LogP) is 3.64. The van der Waals surface area contributed by atoms with Gasteiger partial charge in [0.1, 0.15) is 6.61 Å². The fourth-order valence-corrected chi connectivity index (χ4v) is 4.28.